The van der Waals surface area contributed by atoms with Crippen LogP contribution in [0.25, 0.3) is 0 Å². The highest BCUT2D eigenvalue weighted by Gasteiger charge is 1.99. The molecule has 1 N–H and O–H groups in total. The van der Waals surface area contributed by atoms with E-state index in [0.29, 0.717) is 12.4 Å². The van der Waals surface area contributed by atoms with Gasteiger partial charge in [-0.1, -0.05) is 6.42 Å². The van der Waals surface area contributed by atoms with Crippen molar-refractivity contribution in [2.75, 3.05) is 19.0 Å². The summed E-state index contributed by atoms with van der Waals surface area (Å²) in [4.78, 5) is 18.9. The Kier molecular flexibility index (Phi) is 5.91. The minimum atomic E-state index is -0.139. The number of aromatic nitrogens is 2. The summed E-state index contributed by atoms with van der Waals surface area (Å²) >= 11 is 0. The van der Waals surface area contributed by atoms with Gasteiger partial charge in [0, 0.05) is 25.4 Å². The number of hydrogen-bond acceptors (Lipinski definition) is 5. The Hall–Kier alpha value is -1.65. The molecule has 16 heavy (non-hydrogen) atoms. The number of nitrogens with one attached hydrogen (secondary N) is 1. The zero-order chi connectivity index (χ0) is 11.6. The Morgan fingerprint density at radius 1 is 1.31 bits per heavy atom. The third-order valence-electron chi connectivity index (χ3n) is 2.13. The average molecular weight is 223 g/mol. The van der Waals surface area contributed by atoms with Crippen molar-refractivity contribution >= 4 is 11.9 Å². The molecule has 0 radical (unpaired) electrons. The zero-order valence-electron chi connectivity index (χ0n) is 9.48. The first-order valence-corrected chi connectivity index (χ1v) is 5.40. The zero-order valence-corrected chi connectivity index (χ0v) is 9.48. The van der Waals surface area contributed by atoms with Crippen LogP contribution in [0.1, 0.15) is 25.7 Å². The summed E-state index contributed by atoms with van der Waals surface area (Å²) in [6.45, 7) is 0.825. The summed E-state index contributed by atoms with van der Waals surface area (Å²) in [5.74, 6) is 0.509. The fraction of sp³-hybridized carbons (Fsp3) is 0.545. The van der Waals surface area contributed by atoms with Gasteiger partial charge in [-0.3, -0.25) is 4.79 Å². The Balaban J connectivity index is 1.98. The lowest BCUT2D eigenvalue weighted by Gasteiger charge is -2.03. The Bertz CT molecular complexity index is 303. The molecule has 0 unspecified atom stereocenters. The summed E-state index contributed by atoms with van der Waals surface area (Å²) < 4.78 is 4.55. The maximum atomic E-state index is 10.8. The van der Waals surface area contributed by atoms with Crippen LogP contribution in [-0.2, 0) is 9.53 Å². The summed E-state index contributed by atoms with van der Waals surface area (Å²) in [5, 5.41) is 3.11. The molecule has 0 saturated carbocycles. The van der Waals surface area contributed by atoms with Crippen LogP contribution >= 0.6 is 0 Å². The van der Waals surface area contributed by atoms with Gasteiger partial charge in [0.1, 0.15) is 0 Å². The van der Waals surface area contributed by atoms with Crippen molar-refractivity contribution in [1.29, 1.82) is 0 Å². The van der Waals surface area contributed by atoms with Gasteiger partial charge in [0.05, 0.1) is 7.11 Å². The van der Waals surface area contributed by atoms with E-state index in [2.05, 4.69) is 20.0 Å². The van der Waals surface area contributed by atoms with Crippen molar-refractivity contribution in [3.63, 3.8) is 0 Å². The van der Waals surface area contributed by atoms with E-state index in [9.17, 15) is 4.79 Å². The molecular formula is C11H17N3O2. The highest BCUT2D eigenvalue weighted by Crippen LogP contribution is 2.02. The van der Waals surface area contributed by atoms with E-state index in [1.54, 1.807) is 18.5 Å². The molecule has 0 amide bonds. The lowest BCUT2D eigenvalue weighted by molar-refractivity contribution is -0.140. The van der Waals surface area contributed by atoms with Gasteiger partial charge >= 0.3 is 5.97 Å². The number of nitrogens with zero attached hydrogens (tertiary/aromatic N) is 2. The second kappa shape index (κ2) is 7.62. The van der Waals surface area contributed by atoms with Crippen molar-refractivity contribution in [3.05, 3.63) is 18.5 Å². The molecule has 0 aliphatic rings. The topological polar surface area (TPSA) is 64.1 Å². The monoisotopic (exact) mass is 223 g/mol. The van der Waals surface area contributed by atoms with Gasteiger partial charge in [0.15, 0.2) is 0 Å². The van der Waals surface area contributed by atoms with E-state index >= 15 is 0 Å². The third-order valence-corrected chi connectivity index (χ3v) is 2.13. The molecule has 5 nitrogen and oxygen atoms in total. The molecule has 0 fully saturated rings. The molecule has 1 heterocycles. The molecular weight excluding hydrogens is 206 g/mol. The number of hydrogen-bond donors (Lipinski definition) is 1. The molecule has 5 heteroatoms. The molecule has 0 aliphatic heterocycles. The van der Waals surface area contributed by atoms with Crippen molar-refractivity contribution < 1.29 is 9.53 Å². The van der Waals surface area contributed by atoms with Crippen LogP contribution < -0.4 is 5.32 Å². The van der Waals surface area contributed by atoms with E-state index in [-0.39, 0.29) is 5.97 Å². The van der Waals surface area contributed by atoms with E-state index in [1.165, 1.54) is 7.11 Å². The number of ether oxygens (including phenoxy) is 1. The van der Waals surface area contributed by atoms with Crippen molar-refractivity contribution in [1.82, 2.24) is 9.97 Å². The van der Waals surface area contributed by atoms with Gasteiger partial charge in [-0.05, 0) is 18.9 Å². The fourth-order valence-electron chi connectivity index (χ4n) is 1.26. The quantitative estimate of drug-likeness (QED) is 0.562. The second-order valence-electron chi connectivity index (χ2n) is 3.39. The van der Waals surface area contributed by atoms with Crippen LogP contribution in [0, 0.1) is 0 Å². The van der Waals surface area contributed by atoms with E-state index in [1.807, 2.05) is 0 Å². The number of carbonyl (C=O) groups is 1. The van der Waals surface area contributed by atoms with E-state index in [0.717, 1.165) is 25.8 Å². The van der Waals surface area contributed by atoms with Gasteiger partial charge < -0.3 is 10.1 Å². The molecule has 0 aliphatic carbocycles. The minimum absolute atomic E-state index is 0.139. The molecule has 1 aromatic rings. The lowest BCUT2D eigenvalue weighted by atomic mass is 10.2. The fourth-order valence-corrected chi connectivity index (χ4v) is 1.26. The average Bonchev–Trinajstić information content (AvgIpc) is 2.34. The first-order chi connectivity index (χ1) is 7.83. The SMILES string of the molecule is COC(=O)CCCCCNc1ncccn1. The number of carbonyl (C=O) groups excluding carboxylic acids is 1. The first kappa shape index (κ1) is 12.4. The molecule has 0 aromatic carbocycles. The predicted octanol–water partition coefficient (Wildman–Crippen LogP) is 1.62. The highest BCUT2D eigenvalue weighted by molar-refractivity contribution is 5.68. The number of esters is 1. The number of methoxy groups -OCH3 is 1. The predicted molar refractivity (Wildman–Crippen MR) is 61.0 cm³/mol. The summed E-state index contributed by atoms with van der Waals surface area (Å²) in [6, 6.07) is 1.78. The molecule has 0 spiro atoms. The van der Waals surface area contributed by atoms with Crippen LogP contribution in [0.5, 0.6) is 0 Å². The van der Waals surface area contributed by atoms with Crippen LogP contribution in [0.15, 0.2) is 18.5 Å². The third kappa shape index (κ3) is 5.29. The van der Waals surface area contributed by atoms with Crippen LogP contribution in [0.2, 0.25) is 0 Å². The molecule has 0 atom stereocenters. The van der Waals surface area contributed by atoms with Crippen LogP contribution in [0.3, 0.4) is 0 Å². The van der Waals surface area contributed by atoms with Gasteiger partial charge in [-0.2, -0.15) is 0 Å². The number of anilines is 1. The highest BCUT2D eigenvalue weighted by atomic mass is 16.5. The van der Waals surface area contributed by atoms with Gasteiger partial charge in [-0.15, -0.1) is 0 Å². The molecule has 0 saturated heterocycles. The Morgan fingerprint density at radius 3 is 2.75 bits per heavy atom. The number of unbranched alkanes of at least 4 members (excludes halogenated alkanes) is 2. The maximum Gasteiger partial charge on any atom is 0.305 e. The molecule has 1 aromatic heterocycles. The summed E-state index contributed by atoms with van der Waals surface area (Å²) in [5.41, 5.74) is 0. The van der Waals surface area contributed by atoms with Gasteiger partial charge in [0.25, 0.3) is 0 Å². The van der Waals surface area contributed by atoms with Crippen LogP contribution in [0.4, 0.5) is 5.95 Å². The second-order valence-corrected chi connectivity index (χ2v) is 3.39. The Morgan fingerprint density at radius 2 is 2.06 bits per heavy atom. The summed E-state index contributed by atoms with van der Waals surface area (Å²) in [6.07, 6.45) is 6.76. The lowest BCUT2D eigenvalue weighted by Crippen LogP contribution is -2.05. The summed E-state index contributed by atoms with van der Waals surface area (Å²) in [7, 11) is 1.41. The smallest absolute Gasteiger partial charge is 0.305 e. The van der Waals surface area contributed by atoms with Gasteiger partial charge in [0.2, 0.25) is 5.95 Å². The van der Waals surface area contributed by atoms with E-state index in [4.69, 9.17) is 0 Å². The van der Waals surface area contributed by atoms with E-state index < -0.39 is 0 Å². The van der Waals surface area contributed by atoms with Gasteiger partial charge in [-0.25, -0.2) is 9.97 Å². The van der Waals surface area contributed by atoms with Crippen molar-refractivity contribution in [2.45, 2.75) is 25.7 Å². The minimum Gasteiger partial charge on any atom is -0.469 e. The first-order valence-electron chi connectivity index (χ1n) is 5.40. The Labute approximate surface area is 95.3 Å². The number of rotatable bonds is 7. The maximum absolute atomic E-state index is 10.8. The standard InChI is InChI=1S/C11H17N3O2/c1-16-10(15)6-3-2-4-7-12-11-13-8-5-9-14-11/h5,8-9H,2-4,6-7H2,1H3,(H,12,13,14). The molecule has 1 rings (SSSR count). The van der Waals surface area contributed by atoms with Crippen molar-refractivity contribution in [3.8, 4) is 0 Å². The van der Waals surface area contributed by atoms with Crippen LogP contribution in [-0.4, -0.2) is 29.6 Å². The largest absolute Gasteiger partial charge is 0.469 e. The molecule has 0 bridgehead atoms. The molecule has 88 valence electrons. The van der Waals surface area contributed by atoms with Crippen molar-refractivity contribution in [2.24, 2.45) is 0 Å². The normalized spacial score (nSPS) is 9.81.